The molecule has 2 nitrogen and oxygen atoms in total. The number of ether oxygens (including phenoxy) is 1. The molecule has 0 atom stereocenters. The Bertz CT molecular complexity index is 286. The van der Waals surface area contributed by atoms with Gasteiger partial charge in [0.05, 0.1) is 11.6 Å². The van der Waals surface area contributed by atoms with E-state index in [0.29, 0.717) is 23.4 Å². The first-order chi connectivity index (χ1) is 6.09. The molecule has 3 heteroatoms. The molecule has 0 saturated carbocycles. The Morgan fingerprint density at radius 2 is 2.23 bits per heavy atom. The summed E-state index contributed by atoms with van der Waals surface area (Å²) in [5.74, 6) is 1.19. The van der Waals surface area contributed by atoms with Gasteiger partial charge in [-0.25, -0.2) is 4.98 Å². The van der Waals surface area contributed by atoms with Crippen molar-refractivity contribution in [3.05, 3.63) is 22.8 Å². The number of aryl methyl sites for hydroxylation is 1. The number of hydrogen-bond donors (Lipinski definition) is 0. The zero-order valence-corrected chi connectivity index (χ0v) is 8.93. The maximum atomic E-state index is 5.76. The Hall–Kier alpha value is -0.760. The Morgan fingerprint density at radius 1 is 1.54 bits per heavy atom. The van der Waals surface area contributed by atoms with Crippen LogP contribution < -0.4 is 4.74 Å². The van der Waals surface area contributed by atoms with Crippen molar-refractivity contribution in [2.24, 2.45) is 5.92 Å². The van der Waals surface area contributed by atoms with Crippen LogP contribution in [0.3, 0.4) is 0 Å². The molecule has 1 heterocycles. The highest BCUT2D eigenvalue weighted by molar-refractivity contribution is 6.30. The molecule has 1 aromatic rings. The third kappa shape index (κ3) is 3.23. The third-order valence-corrected chi connectivity index (χ3v) is 1.76. The van der Waals surface area contributed by atoms with Gasteiger partial charge < -0.3 is 4.74 Å². The molecule has 0 unspecified atom stereocenters. The minimum atomic E-state index is 0.511. The Balaban J connectivity index is 2.67. The van der Waals surface area contributed by atoms with Gasteiger partial charge in [0.25, 0.3) is 0 Å². The highest BCUT2D eigenvalue weighted by Gasteiger charge is 2.02. The molecule has 72 valence electrons. The molecule has 0 aliphatic rings. The van der Waals surface area contributed by atoms with Crippen LogP contribution in [0.15, 0.2) is 12.3 Å². The number of aromatic nitrogens is 1. The van der Waals surface area contributed by atoms with E-state index in [1.54, 1.807) is 6.20 Å². The molecule has 1 rings (SSSR count). The first kappa shape index (κ1) is 10.3. The van der Waals surface area contributed by atoms with Crippen molar-refractivity contribution in [3.63, 3.8) is 0 Å². The van der Waals surface area contributed by atoms with Gasteiger partial charge in [-0.1, -0.05) is 25.4 Å². The van der Waals surface area contributed by atoms with Crippen molar-refractivity contribution in [1.82, 2.24) is 4.98 Å². The van der Waals surface area contributed by atoms with Crippen molar-refractivity contribution in [2.75, 3.05) is 6.61 Å². The lowest BCUT2D eigenvalue weighted by Crippen LogP contribution is -2.06. The smallest absolute Gasteiger partial charge is 0.216 e. The number of halogens is 1. The minimum absolute atomic E-state index is 0.511. The largest absolute Gasteiger partial charge is 0.477 e. The van der Waals surface area contributed by atoms with E-state index >= 15 is 0 Å². The molecule has 0 spiro atoms. The predicted octanol–water partition coefficient (Wildman–Crippen LogP) is 3.08. The SMILES string of the molecule is Cc1cc(Cl)cnc1OCC(C)C. The van der Waals surface area contributed by atoms with Gasteiger partial charge in [0.1, 0.15) is 0 Å². The Morgan fingerprint density at radius 3 is 2.77 bits per heavy atom. The van der Waals surface area contributed by atoms with Crippen molar-refractivity contribution in [3.8, 4) is 5.88 Å². The summed E-state index contributed by atoms with van der Waals surface area (Å²) in [4.78, 5) is 4.10. The minimum Gasteiger partial charge on any atom is -0.477 e. The lowest BCUT2D eigenvalue weighted by atomic mass is 10.2. The first-order valence-electron chi connectivity index (χ1n) is 4.34. The fourth-order valence-electron chi connectivity index (χ4n) is 0.925. The molecular formula is C10H14ClNO. The molecular weight excluding hydrogens is 186 g/mol. The summed E-state index contributed by atoms with van der Waals surface area (Å²) in [6.45, 7) is 6.83. The molecule has 0 aliphatic heterocycles. The van der Waals surface area contributed by atoms with Crippen LogP contribution in [0.1, 0.15) is 19.4 Å². The lowest BCUT2D eigenvalue weighted by Gasteiger charge is -2.09. The van der Waals surface area contributed by atoms with Crippen LogP contribution in [-0.2, 0) is 0 Å². The fraction of sp³-hybridized carbons (Fsp3) is 0.500. The van der Waals surface area contributed by atoms with Crippen molar-refractivity contribution in [1.29, 1.82) is 0 Å². The molecule has 1 aromatic heterocycles. The zero-order valence-electron chi connectivity index (χ0n) is 8.17. The van der Waals surface area contributed by atoms with E-state index in [2.05, 4.69) is 18.8 Å². The van der Waals surface area contributed by atoms with Gasteiger partial charge in [0, 0.05) is 11.8 Å². The second kappa shape index (κ2) is 4.47. The lowest BCUT2D eigenvalue weighted by molar-refractivity contribution is 0.259. The van der Waals surface area contributed by atoms with Gasteiger partial charge >= 0.3 is 0 Å². The summed E-state index contributed by atoms with van der Waals surface area (Å²) >= 11 is 5.76. The second-order valence-corrected chi connectivity index (χ2v) is 3.92. The summed E-state index contributed by atoms with van der Waals surface area (Å²) < 4.78 is 5.48. The van der Waals surface area contributed by atoms with Gasteiger partial charge in [-0.2, -0.15) is 0 Å². The maximum absolute atomic E-state index is 5.76. The molecule has 13 heavy (non-hydrogen) atoms. The molecule has 0 aromatic carbocycles. The molecule has 0 radical (unpaired) electrons. The van der Waals surface area contributed by atoms with Gasteiger partial charge in [-0.3, -0.25) is 0 Å². The quantitative estimate of drug-likeness (QED) is 0.747. The normalized spacial score (nSPS) is 10.5. The van der Waals surface area contributed by atoms with Crippen LogP contribution in [0.5, 0.6) is 5.88 Å². The molecule has 0 aliphatic carbocycles. The van der Waals surface area contributed by atoms with E-state index < -0.39 is 0 Å². The highest BCUT2D eigenvalue weighted by Crippen LogP contribution is 2.18. The first-order valence-corrected chi connectivity index (χ1v) is 4.72. The van der Waals surface area contributed by atoms with E-state index in [-0.39, 0.29) is 0 Å². The highest BCUT2D eigenvalue weighted by atomic mass is 35.5. The summed E-state index contributed by atoms with van der Waals surface area (Å²) in [6.07, 6.45) is 1.60. The summed E-state index contributed by atoms with van der Waals surface area (Å²) in [6, 6.07) is 1.85. The predicted molar refractivity (Wildman–Crippen MR) is 54.3 cm³/mol. The van der Waals surface area contributed by atoms with Crippen molar-refractivity contribution in [2.45, 2.75) is 20.8 Å². The van der Waals surface area contributed by atoms with E-state index in [1.165, 1.54) is 0 Å². The molecule has 0 amide bonds. The molecule has 0 N–H and O–H groups in total. The average molecular weight is 200 g/mol. The standard InChI is InChI=1S/C10H14ClNO/c1-7(2)6-13-10-8(3)4-9(11)5-12-10/h4-5,7H,6H2,1-3H3. The summed E-state index contributed by atoms with van der Waals surface area (Å²) in [7, 11) is 0. The maximum Gasteiger partial charge on any atom is 0.216 e. The molecule has 0 bridgehead atoms. The van der Waals surface area contributed by atoms with Crippen molar-refractivity contribution >= 4 is 11.6 Å². The van der Waals surface area contributed by atoms with E-state index in [4.69, 9.17) is 16.3 Å². The summed E-state index contributed by atoms with van der Waals surface area (Å²) in [5, 5.41) is 0.648. The van der Waals surface area contributed by atoms with Crippen LogP contribution in [-0.4, -0.2) is 11.6 Å². The van der Waals surface area contributed by atoms with Gasteiger partial charge in [-0.15, -0.1) is 0 Å². The number of nitrogens with zero attached hydrogens (tertiary/aromatic N) is 1. The second-order valence-electron chi connectivity index (χ2n) is 3.48. The average Bonchev–Trinajstić information content (AvgIpc) is 2.02. The molecule has 0 saturated heterocycles. The van der Waals surface area contributed by atoms with Crippen LogP contribution in [0, 0.1) is 12.8 Å². The van der Waals surface area contributed by atoms with Crippen molar-refractivity contribution < 1.29 is 4.74 Å². The molecule has 0 fully saturated rings. The topological polar surface area (TPSA) is 22.1 Å². The van der Waals surface area contributed by atoms with E-state index in [1.807, 2.05) is 13.0 Å². The Labute approximate surface area is 83.9 Å². The van der Waals surface area contributed by atoms with Gasteiger partial charge in [0.2, 0.25) is 5.88 Å². The van der Waals surface area contributed by atoms with Crippen LogP contribution in [0.4, 0.5) is 0 Å². The zero-order chi connectivity index (χ0) is 9.84. The van der Waals surface area contributed by atoms with Gasteiger partial charge in [-0.05, 0) is 18.9 Å². The number of pyridine rings is 1. The monoisotopic (exact) mass is 199 g/mol. The van der Waals surface area contributed by atoms with E-state index in [9.17, 15) is 0 Å². The van der Waals surface area contributed by atoms with Crippen LogP contribution in [0.25, 0.3) is 0 Å². The van der Waals surface area contributed by atoms with Crippen LogP contribution >= 0.6 is 11.6 Å². The van der Waals surface area contributed by atoms with E-state index in [0.717, 1.165) is 5.56 Å². The fourth-order valence-corrected chi connectivity index (χ4v) is 1.14. The summed E-state index contributed by atoms with van der Waals surface area (Å²) in [5.41, 5.74) is 0.980. The number of hydrogen-bond acceptors (Lipinski definition) is 2. The third-order valence-electron chi connectivity index (χ3n) is 1.55. The van der Waals surface area contributed by atoms with Crippen LogP contribution in [0.2, 0.25) is 5.02 Å². The number of rotatable bonds is 3. The Kier molecular flexibility index (Phi) is 3.55. The van der Waals surface area contributed by atoms with Gasteiger partial charge in [0.15, 0.2) is 0 Å².